The molecule has 3 N–H and O–H groups in total. The molecule has 142 valence electrons. The lowest BCUT2D eigenvalue weighted by molar-refractivity contribution is -0.131. The number of carboxylic acid groups (broad SMARTS) is 1. The molecule has 0 aliphatic carbocycles. The highest BCUT2D eigenvalue weighted by atomic mass is 16.6. The third-order valence-corrected chi connectivity index (χ3v) is 3.91. The van der Waals surface area contributed by atoms with Gasteiger partial charge in [0.15, 0.2) is 0 Å². The van der Waals surface area contributed by atoms with Crippen LogP contribution < -0.4 is 5.32 Å². The number of carbonyl (C=O) groups excluding carboxylic acids is 1. The van der Waals surface area contributed by atoms with Gasteiger partial charge in [0.05, 0.1) is 0 Å². The van der Waals surface area contributed by atoms with Crippen LogP contribution in [0.25, 0.3) is 0 Å². The Hall–Kier alpha value is -3.28. The third kappa shape index (κ3) is 7.23. The Morgan fingerprint density at radius 2 is 1.78 bits per heavy atom. The van der Waals surface area contributed by atoms with Crippen LogP contribution in [0.3, 0.4) is 0 Å². The maximum Gasteiger partial charge on any atom is 0.412 e. The molecule has 0 aliphatic heterocycles. The van der Waals surface area contributed by atoms with E-state index in [1.807, 2.05) is 19.1 Å². The molecule has 0 saturated carbocycles. The second kappa shape index (κ2) is 10.0. The van der Waals surface area contributed by atoms with Gasteiger partial charge in [0.2, 0.25) is 0 Å². The minimum absolute atomic E-state index is 0.131. The quantitative estimate of drug-likeness (QED) is 0.459. The number of rotatable bonds is 8. The summed E-state index contributed by atoms with van der Waals surface area (Å²) >= 11 is 0. The number of aromatic hydroxyl groups is 1. The summed E-state index contributed by atoms with van der Waals surface area (Å²) < 4.78 is 5.57. The van der Waals surface area contributed by atoms with Crippen LogP contribution in [-0.2, 0) is 9.53 Å². The number of aryl methyl sites for hydroxylation is 1. The number of carbonyl (C=O) groups is 2. The zero-order chi connectivity index (χ0) is 19.6. The van der Waals surface area contributed by atoms with Gasteiger partial charge in [-0.3, -0.25) is 5.32 Å². The van der Waals surface area contributed by atoms with Gasteiger partial charge in [-0.2, -0.15) is 0 Å². The van der Waals surface area contributed by atoms with Gasteiger partial charge in [0.25, 0.3) is 0 Å². The van der Waals surface area contributed by atoms with Gasteiger partial charge in [-0.05, 0) is 56.0 Å². The molecule has 0 bridgehead atoms. The first-order valence-electron chi connectivity index (χ1n) is 8.67. The third-order valence-electron chi connectivity index (χ3n) is 3.91. The van der Waals surface area contributed by atoms with Crippen molar-refractivity contribution in [2.24, 2.45) is 0 Å². The second-order valence-corrected chi connectivity index (χ2v) is 6.15. The van der Waals surface area contributed by atoms with Gasteiger partial charge < -0.3 is 14.9 Å². The average Bonchev–Trinajstić information content (AvgIpc) is 2.63. The first-order chi connectivity index (χ1) is 12.9. The van der Waals surface area contributed by atoms with Crippen molar-refractivity contribution in [1.29, 1.82) is 0 Å². The van der Waals surface area contributed by atoms with E-state index in [1.165, 1.54) is 12.1 Å². The van der Waals surface area contributed by atoms with Gasteiger partial charge >= 0.3 is 12.1 Å². The maximum absolute atomic E-state index is 12.3. The molecule has 2 aromatic rings. The molecular weight excluding hydrogens is 346 g/mol. The SMILES string of the molecule is Cc1ccc(NC(=O)O[C@@H](CCC/C=C/C(=O)O)c2ccc(O)cc2)cc1. The number of hydrogen-bond donors (Lipinski definition) is 3. The Bertz CT molecular complexity index is 781. The molecule has 6 nitrogen and oxygen atoms in total. The molecule has 2 rings (SSSR count). The summed E-state index contributed by atoms with van der Waals surface area (Å²) in [7, 11) is 0. The molecule has 0 spiro atoms. The molecule has 1 amide bonds. The molecule has 0 saturated heterocycles. The van der Waals surface area contributed by atoms with E-state index in [9.17, 15) is 14.7 Å². The fraction of sp³-hybridized carbons (Fsp3) is 0.238. The number of ether oxygens (including phenoxy) is 1. The minimum atomic E-state index is -0.987. The van der Waals surface area contributed by atoms with Crippen molar-refractivity contribution >= 4 is 17.7 Å². The Kier molecular flexibility index (Phi) is 7.43. The molecule has 0 aromatic heterocycles. The molecule has 0 heterocycles. The Morgan fingerprint density at radius 3 is 2.41 bits per heavy atom. The Labute approximate surface area is 158 Å². The summed E-state index contributed by atoms with van der Waals surface area (Å²) in [6.45, 7) is 1.96. The second-order valence-electron chi connectivity index (χ2n) is 6.15. The minimum Gasteiger partial charge on any atom is -0.508 e. The molecule has 6 heteroatoms. The monoisotopic (exact) mass is 369 g/mol. The summed E-state index contributed by atoms with van der Waals surface area (Å²) in [4.78, 5) is 22.8. The van der Waals surface area contributed by atoms with E-state index in [0.29, 0.717) is 24.9 Å². The lowest BCUT2D eigenvalue weighted by Crippen LogP contribution is -2.17. The van der Waals surface area contributed by atoms with E-state index in [-0.39, 0.29) is 5.75 Å². The van der Waals surface area contributed by atoms with Gasteiger partial charge in [-0.25, -0.2) is 9.59 Å². The number of allylic oxidation sites excluding steroid dienone is 1. The van der Waals surface area contributed by atoms with Crippen molar-refractivity contribution in [3.63, 3.8) is 0 Å². The fourth-order valence-corrected chi connectivity index (χ4v) is 2.50. The molecule has 27 heavy (non-hydrogen) atoms. The number of nitrogens with one attached hydrogen (secondary N) is 1. The van der Waals surface area contributed by atoms with Crippen LogP contribution in [0.15, 0.2) is 60.7 Å². The van der Waals surface area contributed by atoms with Crippen LogP contribution in [0, 0.1) is 6.92 Å². The van der Waals surface area contributed by atoms with E-state index < -0.39 is 18.2 Å². The summed E-state index contributed by atoms with van der Waals surface area (Å²) in [6, 6.07) is 13.8. The van der Waals surface area contributed by atoms with E-state index >= 15 is 0 Å². The summed E-state index contributed by atoms with van der Waals surface area (Å²) in [5.41, 5.74) is 2.49. The highest BCUT2D eigenvalue weighted by Gasteiger charge is 2.17. The maximum atomic E-state index is 12.3. The van der Waals surface area contributed by atoms with Crippen LogP contribution >= 0.6 is 0 Å². The first-order valence-corrected chi connectivity index (χ1v) is 8.67. The molecule has 0 aliphatic rings. The molecular formula is C21H23NO5. The zero-order valence-electron chi connectivity index (χ0n) is 15.1. The van der Waals surface area contributed by atoms with Crippen molar-refractivity contribution < 1.29 is 24.5 Å². The van der Waals surface area contributed by atoms with Gasteiger partial charge in [-0.1, -0.05) is 35.9 Å². The van der Waals surface area contributed by atoms with Gasteiger partial charge in [-0.15, -0.1) is 0 Å². The van der Waals surface area contributed by atoms with Crippen LogP contribution in [0.4, 0.5) is 10.5 Å². The van der Waals surface area contributed by atoms with E-state index in [1.54, 1.807) is 30.3 Å². The van der Waals surface area contributed by atoms with Crippen molar-refractivity contribution in [3.05, 3.63) is 71.8 Å². The number of carboxylic acids is 1. The topological polar surface area (TPSA) is 95.9 Å². The molecule has 0 fully saturated rings. The Morgan fingerprint density at radius 1 is 1.11 bits per heavy atom. The largest absolute Gasteiger partial charge is 0.508 e. The Balaban J connectivity index is 1.99. The number of amides is 1. The normalized spacial score (nSPS) is 11.9. The van der Waals surface area contributed by atoms with Gasteiger partial charge in [0, 0.05) is 11.8 Å². The lowest BCUT2D eigenvalue weighted by atomic mass is 10.0. The number of unbranched alkanes of at least 4 members (excludes halogenated alkanes) is 1. The summed E-state index contributed by atoms with van der Waals surface area (Å²) in [6.07, 6.45) is 3.32. The number of aliphatic carboxylic acids is 1. The molecule has 0 unspecified atom stereocenters. The summed E-state index contributed by atoms with van der Waals surface area (Å²) in [5.74, 6) is -0.857. The van der Waals surface area contributed by atoms with Crippen molar-refractivity contribution in [2.45, 2.75) is 32.3 Å². The van der Waals surface area contributed by atoms with Crippen molar-refractivity contribution in [2.75, 3.05) is 5.32 Å². The average molecular weight is 369 g/mol. The molecule has 2 aromatic carbocycles. The fourth-order valence-electron chi connectivity index (χ4n) is 2.50. The van der Waals surface area contributed by atoms with E-state index in [0.717, 1.165) is 17.2 Å². The highest BCUT2D eigenvalue weighted by Crippen LogP contribution is 2.26. The van der Waals surface area contributed by atoms with Crippen molar-refractivity contribution in [3.8, 4) is 5.75 Å². The number of phenolic OH excluding ortho intramolecular Hbond substituents is 1. The standard InChI is InChI=1S/C21H23NO5/c1-15-7-11-17(12-8-15)22-21(26)27-19(5-3-2-4-6-20(24)25)16-9-13-18(23)14-10-16/h4,6-14,19,23H,2-3,5H2,1H3,(H,22,26)(H,24,25)/b6-4+/t19-/m0/s1. The highest BCUT2D eigenvalue weighted by molar-refractivity contribution is 5.84. The molecule has 1 atom stereocenters. The molecule has 0 radical (unpaired) electrons. The summed E-state index contributed by atoms with van der Waals surface area (Å²) in [5, 5.41) is 20.8. The van der Waals surface area contributed by atoms with Gasteiger partial charge in [0.1, 0.15) is 11.9 Å². The van der Waals surface area contributed by atoms with Crippen LogP contribution in [-0.4, -0.2) is 22.3 Å². The zero-order valence-corrected chi connectivity index (χ0v) is 15.1. The van der Waals surface area contributed by atoms with E-state index in [2.05, 4.69) is 5.32 Å². The lowest BCUT2D eigenvalue weighted by Gasteiger charge is -2.18. The van der Waals surface area contributed by atoms with Crippen LogP contribution in [0.5, 0.6) is 5.75 Å². The van der Waals surface area contributed by atoms with Crippen molar-refractivity contribution in [1.82, 2.24) is 0 Å². The predicted octanol–water partition coefficient (Wildman–Crippen LogP) is 4.80. The smallest absolute Gasteiger partial charge is 0.412 e. The van der Waals surface area contributed by atoms with Crippen LogP contribution in [0.2, 0.25) is 0 Å². The van der Waals surface area contributed by atoms with Crippen LogP contribution in [0.1, 0.15) is 36.5 Å². The number of anilines is 1. The number of hydrogen-bond acceptors (Lipinski definition) is 4. The number of benzene rings is 2. The predicted molar refractivity (Wildman–Crippen MR) is 103 cm³/mol. The van der Waals surface area contributed by atoms with E-state index in [4.69, 9.17) is 9.84 Å². The first kappa shape index (κ1) is 20.0. The number of phenols is 1.